The number of carbonyl (C=O) groups excluding carboxylic acids is 3. The molecule has 1 aromatic heterocycles. The molecule has 7 heteroatoms. The summed E-state index contributed by atoms with van der Waals surface area (Å²) in [7, 11) is 1.36. The number of likely N-dealkylation sites (tertiary alicyclic amines) is 1. The fourth-order valence-electron chi connectivity index (χ4n) is 3.96. The molecule has 0 radical (unpaired) electrons. The van der Waals surface area contributed by atoms with Crippen LogP contribution < -0.4 is 0 Å². The van der Waals surface area contributed by atoms with Crippen molar-refractivity contribution in [2.45, 2.75) is 19.8 Å². The molecule has 3 aromatic rings. The predicted octanol–water partition coefficient (Wildman–Crippen LogP) is 3.46. The van der Waals surface area contributed by atoms with Crippen molar-refractivity contribution in [2.75, 3.05) is 26.8 Å². The van der Waals surface area contributed by atoms with Crippen LogP contribution in [0.15, 0.2) is 40.8 Å². The summed E-state index contributed by atoms with van der Waals surface area (Å²) in [5, 5.41) is 2.78. The van der Waals surface area contributed by atoms with Crippen LogP contribution in [-0.4, -0.2) is 49.6 Å². The molecule has 1 aliphatic rings. The molecule has 0 atom stereocenters. The lowest BCUT2D eigenvalue weighted by molar-refractivity contribution is -0.149. The van der Waals surface area contributed by atoms with Gasteiger partial charge in [0.25, 0.3) is 5.91 Å². The monoisotopic (exact) mass is 409 g/mol. The fraction of sp³-hybridized carbons (Fsp3) is 0.348. The maximum Gasteiger partial charge on any atom is 0.375 e. The average Bonchev–Trinajstić information content (AvgIpc) is 3.13. The summed E-state index contributed by atoms with van der Waals surface area (Å²) >= 11 is 0. The lowest BCUT2D eigenvalue weighted by atomic mass is 9.97. The third-order valence-electron chi connectivity index (χ3n) is 5.72. The first-order valence-corrected chi connectivity index (χ1v) is 9.93. The molecule has 2 aromatic carbocycles. The van der Waals surface area contributed by atoms with Crippen LogP contribution in [-0.2, 0) is 19.1 Å². The van der Waals surface area contributed by atoms with Gasteiger partial charge >= 0.3 is 11.9 Å². The number of piperidine rings is 1. The van der Waals surface area contributed by atoms with Crippen molar-refractivity contribution in [2.24, 2.45) is 5.92 Å². The molecule has 1 saturated heterocycles. The van der Waals surface area contributed by atoms with Gasteiger partial charge in [-0.3, -0.25) is 9.59 Å². The number of esters is 2. The Balaban J connectivity index is 1.43. The summed E-state index contributed by atoms with van der Waals surface area (Å²) in [5.41, 5.74) is 1.32. The van der Waals surface area contributed by atoms with Crippen LogP contribution in [0.3, 0.4) is 0 Å². The topological polar surface area (TPSA) is 86.0 Å². The molecule has 0 bridgehead atoms. The van der Waals surface area contributed by atoms with E-state index in [1.54, 1.807) is 11.8 Å². The van der Waals surface area contributed by atoms with Gasteiger partial charge in [0.2, 0.25) is 5.76 Å². The minimum atomic E-state index is -0.662. The molecule has 1 aliphatic heterocycles. The van der Waals surface area contributed by atoms with E-state index < -0.39 is 5.97 Å². The molecule has 0 spiro atoms. The van der Waals surface area contributed by atoms with E-state index in [-0.39, 0.29) is 30.2 Å². The minimum absolute atomic E-state index is 0.110. The second-order valence-electron chi connectivity index (χ2n) is 7.47. The van der Waals surface area contributed by atoms with Gasteiger partial charge in [0, 0.05) is 29.4 Å². The number of hydrogen-bond acceptors (Lipinski definition) is 6. The normalized spacial score (nSPS) is 14.8. The number of methoxy groups -OCH3 is 1. The second kappa shape index (κ2) is 8.18. The lowest BCUT2D eigenvalue weighted by Gasteiger charge is -2.30. The standard InChI is InChI=1S/C23H23NO6/c1-14-17-8-7-15-5-3-4-6-18(15)21(17)30-20(14)23(27)29-13-19(25)24-11-9-16(10-12-24)22(26)28-2/h3-8,16H,9-13H2,1-2H3. The predicted molar refractivity (Wildman–Crippen MR) is 110 cm³/mol. The molecule has 7 nitrogen and oxygen atoms in total. The summed E-state index contributed by atoms with van der Waals surface area (Å²) in [6.07, 6.45) is 1.09. The van der Waals surface area contributed by atoms with Crippen molar-refractivity contribution in [1.82, 2.24) is 4.90 Å². The maximum absolute atomic E-state index is 12.6. The van der Waals surface area contributed by atoms with Crippen molar-refractivity contribution in [3.05, 3.63) is 47.7 Å². The third kappa shape index (κ3) is 3.63. The smallest absolute Gasteiger partial charge is 0.375 e. The van der Waals surface area contributed by atoms with Crippen LogP contribution in [0, 0.1) is 12.8 Å². The summed E-state index contributed by atoms with van der Waals surface area (Å²) in [5.74, 6) is -1.27. The molecular formula is C23H23NO6. The van der Waals surface area contributed by atoms with E-state index in [1.165, 1.54) is 7.11 Å². The number of fused-ring (bicyclic) bond motifs is 3. The largest absolute Gasteiger partial charge is 0.469 e. The molecule has 0 N–H and O–H groups in total. The van der Waals surface area contributed by atoms with Gasteiger partial charge in [-0.2, -0.15) is 0 Å². The number of carbonyl (C=O) groups is 3. The highest BCUT2D eigenvalue weighted by Gasteiger charge is 2.29. The van der Waals surface area contributed by atoms with Crippen LogP contribution in [0.2, 0.25) is 0 Å². The van der Waals surface area contributed by atoms with Crippen LogP contribution in [0.4, 0.5) is 0 Å². The summed E-state index contributed by atoms with van der Waals surface area (Å²) in [6.45, 7) is 2.31. The molecule has 0 aliphatic carbocycles. The molecule has 1 fully saturated rings. The Morgan fingerprint density at radius 1 is 1.07 bits per heavy atom. The van der Waals surface area contributed by atoms with E-state index in [0.29, 0.717) is 37.1 Å². The number of benzene rings is 2. The van der Waals surface area contributed by atoms with E-state index in [2.05, 4.69) is 0 Å². The highest BCUT2D eigenvalue weighted by atomic mass is 16.5. The number of ether oxygens (including phenoxy) is 2. The van der Waals surface area contributed by atoms with Crippen LogP contribution >= 0.6 is 0 Å². The fourth-order valence-corrected chi connectivity index (χ4v) is 3.96. The summed E-state index contributed by atoms with van der Waals surface area (Å²) in [4.78, 5) is 38.2. The molecule has 4 rings (SSSR count). The van der Waals surface area contributed by atoms with E-state index in [4.69, 9.17) is 13.9 Å². The van der Waals surface area contributed by atoms with E-state index in [9.17, 15) is 14.4 Å². The zero-order valence-electron chi connectivity index (χ0n) is 17.0. The van der Waals surface area contributed by atoms with Gasteiger partial charge in [-0.1, -0.05) is 36.4 Å². The van der Waals surface area contributed by atoms with Crippen molar-refractivity contribution in [1.29, 1.82) is 0 Å². The van der Waals surface area contributed by atoms with Gasteiger partial charge in [0.05, 0.1) is 13.0 Å². The second-order valence-corrected chi connectivity index (χ2v) is 7.47. The van der Waals surface area contributed by atoms with Crippen LogP contribution in [0.5, 0.6) is 0 Å². The van der Waals surface area contributed by atoms with Crippen molar-refractivity contribution in [3.63, 3.8) is 0 Å². The van der Waals surface area contributed by atoms with E-state index >= 15 is 0 Å². The van der Waals surface area contributed by atoms with Crippen LogP contribution in [0.1, 0.15) is 29.0 Å². The molecule has 2 heterocycles. The number of hydrogen-bond donors (Lipinski definition) is 0. The Labute approximate surface area is 173 Å². The zero-order chi connectivity index (χ0) is 21.3. The van der Waals surface area contributed by atoms with Crippen molar-refractivity contribution >= 4 is 39.6 Å². The highest BCUT2D eigenvalue weighted by Crippen LogP contribution is 2.32. The quantitative estimate of drug-likeness (QED) is 0.614. The lowest BCUT2D eigenvalue weighted by Crippen LogP contribution is -2.42. The Hall–Kier alpha value is -3.35. The van der Waals surface area contributed by atoms with Gasteiger partial charge in [0.15, 0.2) is 6.61 Å². The zero-order valence-corrected chi connectivity index (χ0v) is 17.0. The first-order valence-electron chi connectivity index (χ1n) is 9.93. The summed E-state index contributed by atoms with van der Waals surface area (Å²) in [6, 6.07) is 11.7. The Morgan fingerprint density at radius 3 is 2.53 bits per heavy atom. The minimum Gasteiger partial charge on any atom is -0.469 e. The van der Waals surface area contributed by atoms with E-state index in [0.717, 1.165) is 16.2 Å². The molecule has 0 unspecified atom stereocenters. The highest BCUT2D eigenvalue weighted by molar-refractivity contribution is 6.08. The van der Waals surface area contributed by atoms with Gasteiger partial charge in [-0.15, -0.1) is 0 Å². The van der Waals surface area contributed by atoms with Crippen molar-refractivity contribution in [3.8, 4) is 0 Å². The van der Waals surface area contributed by atoms with Gasteiger partial charge in [-0.25, -0.2) is 4.79 Å². The van der Waals surface area contributed by atoms with Gasteiger partial charge in [-0.05, 0) is 25.2 Å². The molecule has 30 heavy (non-hydrogen) atoms. The Bertz CT molecular complexity index is 1120. The first kappa shape index (κ1) is 19.9. The molecule has 0 saturated carbocycles. The van der Waals surface area contributed by atoms with Gasteiger partial charge in [0.1, 0.15) is 5.58 Å². The Kier molecular flexibility index (Phi) is 5.44. The average molecular weight is 409 g/mol. The Morgan fingerprint density at radius 2 is 1.80 bits per heavy atom. The first-order chi connectivity index (χ1) is 14.5. The number of aryl methyl sites for hydroxylation is 1. The number of rotatable bonds is 4. The molecular weight excluding hydrogens is 386 g/mol. The molecule has 1 amide bonds. The SMILES string of the molecule is COC(=O)C1CCN(C(=O)COC(=O)c2oc3c(ccc4ccccc43)c2C)CC1. The van der Waals surface area contributed by atoms with E-state index in [1.807, 2.05) is 36.4 Å². The van der Waals surface area contributed by atoms with Crippen LogP contribution in [0.25, 0.3) is 21.7 Å². The number of nitrogens with zero attached hydrogens (tertiary/aromatic N) is 1. The summed E-state index contributed by atoms with van der Waals surface area (Å²) < 4.78 is 15.9. The number of amides is 1. The van der Waals surface area contributed by atoms with Gasteiger partial charge < -0.3 is 18.8 Å². The van der Waals surface area contributed by atoms with Crippen molar-refractivity contribution < 1.29 is 28.3 Å². The number of furan rings is 1. The molecule has 156 valence electrons. The maximum atomic E-state index is 12.6. The third-order valence-corrected chi connectivity index (χ3v) is 5.72.